The van der Waals surface area contributed by atoms with Crippen molar-refractivity contribution in [2.24, 2.45) is 4.99 Å². The second-order valence-corrected chi connectivity index (χ2v) is 8.96. The van der Waals surface area contributed by atoms with Gasteiger partial charge in [-0.1, -0.05) is 25.3 Å². The van der Waals surface area contributed by atoms with Crippen molar-refractivity contribution in [1.29, 1.82) is 0 Å². The van der Waals surface area contributed by atoms with Crippen LogP contribution in [-0.2, 0) is 14.9 Å². The first-order valence-corrected chi connectivity index (χ1v) is 12.0. The number of methoxy groups -OCH3 is 3. The fourth-order valence-electron chi connectivity index (χ4n) is 4.95. The van der Waals surface area contributed by atoms with Crippen molar-refractivity contribution in [3.05, 3.63) is 23.8 Å². The molecule has 180 valence electrons. The third-order valence-corrected chi connectivity index (χ3v) is 7.11. The van der Waals surface area contributed by atoms with Crippen LogP contribution in [0.2, 0.25) is 0 Å². The van der Waals surface area contributed by atoms with E-state index in [-0.39, 0.29) is 11.0 Å². The highest BCUT2D eigenvalue weighted by Crippen LogP contribution is 2.42. The molecule has 1 saturated carbocycles. The lowest BCUT2D eigenvalue weighted by molar-refractivity contribution is -0.0828. The molecule has 2 N–H and O–H groups in total. The third kappa shape index (κ3) is 5.87. The van der Waals surface area contributed by atoms with E-state index in [1.54, 1.807) is 21.3 Å². The van der Waals surface area contributed by atoms with E-state index in [9.17, 15) is 0 Å². The number of nitrogens with zero attached hydrogens (tertiary/aromatic N) is 1. The van der Waals surface area contributed by atoms with E-state index in [2.05, 4.69) is 29.7 Å². The predicted octanol–water partition coefficient (Wildman–Crippen LogP) is 3.66. The normalized spacial score (nSPS) is 20.4. The summed E-state index contributed by atoms with van der Waals surface area (Å²) in [6.45, 7) is 5.84. The molecule has 7 nitrogen and oxygen atoms in total. The molecule has 3 rings (SSSR count). The van der Waals surface area contributed by atoms with Crippen LogP contribution in [-0.4, -0.2) is 65.7 Å². The Bertz CT molecular complexity index is 741. The van der Waals surface area contributed by atoms with Gasteiger partial charge in [-0.25, -0.2) is 0 Å². The van der Waals surface area contributed by atoms with Crippen LogP contribution in [0.5, 0.6) is 11.5 Å². The summed E-state index contributed by atoms with van der Waals surface area (Å²) in [5.74, 6) is 2.41. The number of nitrogens with one attached hydrogen (secondary N) is 2. The molecule has 2 aliphatic rings. The van der Waals surface area contributed by atoms with E-state index in [0.29, 0.717) is 6.54 Å². The predicted molar refractivity (Wildman–Crippen MR) is 128 cm³/mol. The minimum absolute atomic E-state index is 0.0472. The summed E-state index contributed by atoms with van der Waals surface area (Å²) in [5, 5.41) is 7.08. The van der Waals surface area contributed by atoms with Gasteiger partial charge in [-0.2, -0.15) is 0 Å². The number of hydrogen-bond acceptors (Lipinski definition) is 5. The molecule has 1 aliphatic heterocycles. The van der Waals surface area contributed by atoms with Crippen molar-refractivity contribution in [3.63, 3.8) is 0 Å². The largest absolute Gasteiger partial charge is 0.493 e. The lowest BCUT2D eigenvalue weighted by Crippen LogP contribution is -2.48. The van der Waals surface area contributed by atoms with Gasteiger partial charge in [0.1, 0.15) is 0 Å². The van der Waals surface area contributed by atoms with Crippen LogP contribution < -0.4 is 20.1 Å². The van der Waals surface area contributed by atoms with Crippen LogP contribution in [0.3, 0.4) is 0 Å². The molecule has 1 aromatic rings. The van der Waals surface area contributed by atoms with Gasteiger partial charge in [-0.15, -0.1) is 0 Å². The van der Waals surface area contributed by atoms with E-state index in [1.165, 1.54) is 24.8 Å². The standard InChI is InChI=1S/C25H41N3O4/c1-5-26-23(28-19-25(31-4)13-15-32-16-14-25)27-18-24(11-7-6-8-12-24)20-9-10-21(29-2)22(17-20)30-3/h9-10,17H,5-8,11-16,18-19H2,1-4H3,(H2,26,27,28). The van der Waals surface area contributed by atoms with Gasteiger partial charge >= 0.3 is 0 Å². The molecule has 32 heavy (non-hydrogen) atoms. The second-order valence-electron chi connectivity index (χ2n) is 8.96. The lowest BCUT2D eigenvalue weighted by Gasteiger charge is -2.39. The van der Waals surface area contributed by atoms with E-state index < -0.39 is 0 Å². The van der Waals surface area contributed by atoms with Crippen molar-refractivity contribution < 1.29 is 18.9 Å². The average molecular weight is 448 g/mol. The van der Waals surface area contributed by atoms with Crippen molar-refractivity contribution in [2.75, 3.05) is 54.2 Å². The van der Waals surface area contributed by atoms with E-state index in [0.717, 1.165) is 69.4 Å². The number of hydrogen-bond donors (Lipinski definition) is 2. The first-order valence-electron chi connectivity index (χ1n) is 12.0. The lowest BCUT2D eigenvalue weighted by atomic mass is 9.69. The van der Waals surface area contributed by atoms with Gasteiger partial charge in [0.2, 0.25) is 0 Å². The quantitative estimate of drug-likeness (QED) is 0.445. The first-order chi connectivity index (χ1) is 15.6. The summed E-state index contributed by atoms with van der Waals surface area (Å²) < 4.78 is 22.5. The van der Waals surface area contributed by atoms with Gasteiger partial charge in [-0.05, 0) is 37.5 Å². The fraction of sp³-hybridized carbons (Fsp3) is 0.720. The maximum absolute atomic E-state index is 5.87. The summed E-state index contributed by atoms with van der Waals surface area (Å²) in [6, 6.07) is 6.37. The zero-order valence-electron chi connectivity index (χ0n) is 20.3. The molecule has 0 aromatic heterocycles. The Kier molecular flexibility index (Phi) is 9.05. The second kappa shape index (κ2) is 11.8. The fourth-order valence-corrected chi connectivity index (χ4v) is 4.95. The highest BCUT2D eigenvalue weighted by atomic mass is 16.5. The van der Waals surface area contributed by atoms with Crippen LogP contribution >= 0.6 is 0 Å². The van der Waals surface area contributed by atoms with Gasteiger partial charge in [0.15, 0.2) is 17.5 Å². The minimum Gasteiger partial charge on any atom is -0.493 e. The van der Waals surface area contributed by atoms with E-state index in [4.69, 9.17) is 23.9 Å². The number of benzene rings is 1. The van der Waals surface area contributed by atoms with Crippen LogP contribution in [0.15, 0.2) is 23.2 Å². The Balaban J connectivity index is 1.78. The Morgan fingerprint density at radius 3 is 2.31 bits per heavy atom. The molecule has 0 radical (unpaired) electrons. The molecule has 1 aromatic carbocycles. The molecule has 0 unspecified atom stereocenters. The number of guanidine groups is 1. The van der Waals surface area contributed by atoms with Gasteiger partial charge in [-0.3, -0.25) is 4.99 Å². The van der Waals surface area contributed by atoms with Crippen molar-refractivity contribution in [1.82, 2.24) is 10.6 Å². The molecule has 7 heteroatoms. The maximum Gasteiger partial charge on any atom is 0.191 e. The van der Waals surface area contributed by atoms with E-state index >= 15 is 0 Å². The summed E-state index contributed by atoms with van der Waals surface area (Å²) in [7, 11) is 5.17. The SMILES string of the molecule is CCNC(=NCC1(OC)CCOCC1)NCC1(c2ccc(OC)c(OC)c2)CCCCC1. The molecular weight excluding hydrogens is 406 g/mol. The molecule has 0 atom stereocenters. The zero-order chi connectivity index (χ0) is 22.9. The van der Waals surface area contributed by atoms with E-state index in [1.807, 2.05) is 6.07 Å². The highest BCUT2D eigenvalue weighted by Gasteiger charge is 2.35. The number of aliphatic imine (C=N–C) groups is 1. The summed E-state index contributed by atoms with van der Waals surface area (Å²) >= 11 is 0. The van der Waals surface area contributed by atoms with Crippen LogP contribution in [0.4, 0.5) is 0 Å². The Morgan fingerprint density at radius 1 is 0.969 bits per heavy atom. The zero-order valence-corrected chi connectivity index (χ0v) is 20.3. The Labute approximate surface area is 193 Å². The molecule has 0 amide bonds. The van der Waals surface area contributed by atoms with Crippen molar-refractivity contribution in [2.45, 2.75) is 62.9 Å². The summed E-state index contributed by atoms with van der Waals surface area (Å²) in [6.07, 6.45) is 7.81. The topological polar surface area (TPSA) is 73.3 Å². The Hall–Kier alpha value is -1.99. The summed E-state index contributed by atoms with van der Waals surface area (Å²) in [4.78, 5) is 4.92. The molecule has 1 aliphatic carbocycles. The first kappa shape index (κ1) is 24.6. The third-order valence-electron chi connectivity index (χ3n) is 7.11. The smallest absolute Gasteiger partial charge is 0.191 e. The van der Waals surface area contributed by atoms with Gasteiger partial charge in [0, 0.05) is 51.7 Å². The van der Waals surface area contributed by atoms with Crippen molar-refractivity contribution >= 4 is 5.96 Å². The monoisotopic (exact) mass is 447 g/mol. The van der Waals surface area contributed by atoms with Gasteiger partial charge in [0.25, 0.3) is 0 Å². The van der Waals surface area contributed by atoms with Crippen LogP contribution in [0, 0.1) is 0 Å². The maximum atomic E-state index is 5.87. The van der Waals surface area contributed by atoms with Gasteiger partial charge in [0.05, 0.1) is 26.4 Å². The molecular formula is C25H41N3O4. The highest BCUT2D eigenvalue weighted by molar-refractivity contribution is 5.80. The minimum atomic E-state index is -0.230. The molecule has 0 spiro atoms. The van der Waals surface area contributed by atoms with Crippen molar-refractivity contribution in [3.8, 4) is 11.5 Å². The number of ether oxygens (including phenoxy) is 4. The Morgan fingerprint density at radius 2 is 1.69 bits per heavy atom. The summed E-state index contributed by atoms with van der Waals surface area (Å²) in [5.41, 5.74) is 1.12. The molecule has 1 saturated heterocycles. The molecule has 2 fully saturated rings. The number of rotatable bonds is 9. The average Bonchev–Trinajstić information content (AvgIpc) is 2.86. The van der Waals surface area contributed by atoms with Crippen LogP contribution in [0.1, 0.15) is 57.4 Å². The van der Waals surface area contributed by atoms with Crippen LogP contribution in [0.25, 0.3) is 0 Å². The molecule has 0 bridgehead atoms. The van der Waals surface area contributed by atoms with Gasteiger partial charge < -0.3 is 29.6 Å². The molecule has 1 heterocycles.